The molecule has 0 aliphatic carbocycles. The van der Waals surface area contributed by atoms with Crippen molar-refractivity contribution in [1.82, 2.24) is 4.90 Å². The highest BCUT2D eigenvalue weighted by Gasteiger charge is 2.47. The van der Waals surface area contributed by atoms with Crippen molar-refractivity contribution in [3.8, 4) is 11.1 Å². The van der Waals surface area contributed by atoms with Gasteiger partial charge < -0.3 is 19.2 Å². The fraction of sp³-hybridized carbons (Fsp3) is 0.500. The number of piperidine rings is 1. The summed E-state index contributed by atoms with van der Waals surface area (Å²) < 4.78 is 12.0. The van der Waals surface area contributed by atoms with Gasteiger partial charge in [0.15, 0.2) is 8.32 Å². The van der Waals surface area contributed by atoms with Crippen molar-refractivity contribution in [3.63, 3.8) is 0 Å². The number of esters is 1. The van der Waals surface area contributed by atoms with Crippen LogP contribution in [0.25, 0.3) is 11.1 Å². The maximum atomic E-state index is 13.4. The molecule has 2 aromatic carbocycles. The lowest BCUT2D eigenvalue weighted by Crippen LogP contribution is -2.57. The SMILES string of the molecule is CCOC(=O)C1C(c2cccc(-c3ccccc3)c2)CCN(C(=O)O)C1CO[Si](C)(C)C(C)(C)C. The van der Waals surface area contributed by atoms with Gasteiger partial charge in [-0.3, -0.25) is 4.79 Å². The normalized spacial score (nSPS) is 21.0. The minimum Gasteiger partial charge on any atom is -0.466 e. The number of amides is 1. The van der Waals surface area contributed by atoms with Crippen LogP contribution in [-0.4, -0.2) is 56.2 Å². The molecule has 1 amide bonds. The Morgan fingerprint density at radius 1 is 1.06 bits per heavy atom. The van der Waals surface area contributed by atoms with Gasteiger partial charge in [0.05, 0.1) is 25.2 Å². The van der Waals surface area contributed by atoms with E-state index in [1.54, 1.807) is 6.92 Å². The molecule has 0 spiro atoms. The molecule has 1 heterocycles. The molecule has 1 fully saturated rings. The van der Waals surface area contributed by atoms with Crippen LogP contribution in [0.3, 0.4) is 0 Å². The van der Waals surface area contributed by atoms with Gasteiger partial charge in [-0.15, -0.1) is 0 Å². The molecule has 1 aliphatic rings. The number of carbonyl (C=O) groups excluding carboxylic acids is 1. The van der Waals surface area contributed by atoms with Gasteiger partial charge in [-0.05, 0) is 48.2 Å². The summed E-state index contributed by atoms with van der Waals surface area (Å²) in [5.41, 5.74) is 3.19. The number of carboxylic acid groups (broad SMARTS) is 1. The van der Waals surface area contributed by atoms with Crippen LogP contribution in [-0.2, 0) is 14.0 Å². The first-order chi connectivity index (χ1) is 16.5. The summed E-state index contributed by atoms with van der Waals surface area (Å²) in [5, 5.41) is 9.98. The van der Waals surface area contributed by atoms with E-state index in [2.05, 4.69) is 58.1 Å². The van der Waals surface area contributed by atoms with Gasteiger partial charge in [0, 0.05) is 12.5 Å². The molecular formula is C28H39NO5Si. The summed E-state index contributed by atoms with van der Waals surface area (Å²) in [5.74, 6) is -1.17. The van der Waals surface area contributed by atoms with E-state index in [9.17, 15) is 14.7 Å². The van der Waals surface area contributed by atoms with Crippen LogP contribution in [0.15, 0.2) is 54.6 Å². The van der Waals surface area contributed by atoms with Gasteiger partial charge >= 0.3 is 12.1 Å². The van der Waals surface area contributed by atoms with Crippen LogP contribution in [0.5, 0.6) is 0 Å². The largest absolute Gasteiger partial charge is 0.466 e. The average molecular weight is 498 g/mol. The lowest BCUT2D eigenvalue weighted by atomic mass is 9.75. The quantitative estimate of drug-likeness (QED) is 0.354. The summed E-state index contributed by atoms with van der Waals surface area (Å²) in [7, 11) is -2.16. The van der Waals surface area contributed by atoms with Gasteiger partial charge in [-0.25, -0.2) is 4.79 Å². The number of rotatable bonds is 7. The smallest absolute Gasteiger partial charge is 0.407 e. The maximum Gasteiger partial charge on any atom is 0.407 e. The third-order valence-electron chi connectivity index (χ3n) is 7.58. The lowest BCUT2D eigenvalue weighted by molar-refractivity contribution is -0.153. The zero-order chi connectivity index (χ0) is 25.8. The Labute approximate surface area is 210 Å². The van der Waals surface area contributed by atoms with E-state index in [1.165, 1.54) is 4.90 Å². The molecule has 6 nitrogen and oxygen atoms in total. The fourth-order valence-electron chi connectivity index (χ4n) is 4.54. The maximum absolute atomic E-state index is 13.4. The average Bonchev–Trinajstić information content (AvgIpc) is 2.82. The molecule has 0 saturated carbocycles. The third-order valence-corrected chi connectivity index (χ3v) is 12.1. The number of hydrogen-bond donors (Lipinski definition) is 1. The molecule has 7 heteroatoms. The number of nitrogens with zero attached hydrogens (tertiary/aromatic N) is 1. The Kier molecular flexibility index (Phi) is 8.44. The minimum atomic E-state index is -2.16. The second kappa shape index (κ2) is 11.0. The third kappa shape index (κ3) is 6.14. The fourth-order valence-corrected chi connectivity index (χ4v) is 5.56. The summed E-state index contributed by atoms with van der Waals surface area (Å²) in [6.07, 6.45) is -0.482. The predicted molar refractivity (Wildman–Crippen MR) is 141 cm³/mol. The highest BCUT2D eigenvalue weighted by molar-refractivity contribution is 6.74. The Hall–Kier alpha value is -2.64. The Morgan fingerprint density at radius 3 is 2.31 bits per heavy atom. The minimum absolute atomic E-state index is 0.0292. The zero-order valence-electron chi connectivity index (χ0n) is 21.8. The molecule has 190 valence electrons. The van der Waals surface area contributed by atoms with E-state index in [0.717, 1.165) is 16.7 Å². The molecule has 2 aromatic rings. The highest BCUT2D eigenvalue weighted by Crippen LogP contribution is 2.41. The molecule has 0 radical (unpaired) electrons. The summed E-state index contributed by atoms with van der Waals surface area (Å²) in [6, 6.07) is 17.7. The van der Waals surface area contributed by atoms with E-state index in [0.29, 0.717) is 13.0 Å². The molecule has 0 bridgehead atoms. The molecule has 3 atom stereocenters. The van der Waals surface area contributed by atoms with E-state index >= 15 is 0 Å². The monoisotopic (exact) mass is 497 g/mol. The van der Waals surface area contributed by atoms with Gasteiger partial charge in [0.1, 0.15) is 0 Å². The van der Waals surface area contributed by atoms with Crippen LogP contribution in [0, 0.1) is 5.92 Å². The molecule has 3 unspecified atom stereocenters. The highest BCUT2D eigenvalue weighted by atomic mass is 28.4. The van der Waals surface area contributed by atoms with Crippen molar-refractivity contribution < 1.29 is 23.9 Å². The molecule has 1 saturated heterocycles. The molecule has 0 aromatic heterocycles. The van der Waals surface area contributed by atoms with E-state index < -0.39 is 26.4 Å². The first-order valence-electron chi connectivity index (χ1n) is 12.4. The second-order valence-electron chi connectivity index (χ2n) is 10.8. The number of carbonyl (C=O) groups is 2. The lowest BCUT2D eigenvalue weighted by Gasteiger charge is -2.45. The van der Waals surface area contributed by atoms with Crippen LogP contribution >= 0.6 is 0 Å². The van der Waals surface area contributed by atoms with Gasteiger partial charge in [0.2, 0.25) is 0 Å². The molecular weight excluding hydrogens is 458 g/mol. The van der Waals surface area contributed by atoms with E-state index in [4.69, 9.17) is 9.16 Å². The van der Waals surface area contributed by atoms with Crippen molar-refractivity contribution in [1.29, 1.82) is 0 Å². The summed E-state index contributed by atoms with van der Waals surface area (Å²) in [4.78, 5) is 27.0. The number of benzene rings is 2. The van der Waals surface area contributed by atoms with Gasteiger partial charge in [0.25, 0.3) is 0 Å². The topological polar surface area (TPSA) is 76.1 Å². The number of hydrogen-bond acceptors (Lipinski definition) is 4. The predicted octanol–water partition coefficient (Wildman–Crippen LogP) is 6.39. The van der Waals surface area contributed by atoms with Crippen molar-refractivity contribution in [2.75, 3.05) is 19.8 Å². The first-order valence-corrected chi connectivity index (χ1v) is 15.3. The zero-order valence-corrected chi connectivity index (χ0v) is 22.8. The van der Waals surface area contributed by atoms with Crippen molar-refractivity contribution in [3.05, 3.63) is 60.2 Å². The second-order valence-corrected chi connectivity index (χ2v) is 15.6. The van der Waals surface area contributed by atoms with Gasteiger partial charge in [-0.1, -0.05) is 75.4 Å². The van der Waals surface area contributed by atoms with Crippen LogP contribution in [0.4, 0.5) is 4.79 Å². The van der Waals surface area contributed by atoms with Crippen LogP contribution in [0.1, 0.15) is 45.6 Å². The van der Waals surface area contributed by atoms with Crippen molar-refractivity contribution in [2.24, 2.45) is 5.92 Å². The molecule has 35 heavy (non-hydrogen) atoms. The molecule has 3 rings (SSSR count). The standard InChI is InChI=1S/C28H39NO5Si/c1-7-33-26(30)25-23(22-15-11-14-21(18-22)20-12-9-8-10-13-20)16-17-29(27(31)32)24(25)19-34-35(5,6)28(2,3)4/h8-15,18,23-25H,7,16-17,19H2,1-6H3,(H,31,32). The molecule has 1 N–H and O–H groups in total. The van der Waals surface area contributed by atoms with Crippen LogP contribution in [0.2, 0.25) is 18.1 Å². The number of likely N-dealkylation sites (tertiary alicyclic amines) is 1. The van der Waals surface area contributed by atoms with E-state index in [-0.39, 0.29) is 30.1 Å². The Bertz CT molecular complexity index is 1020. The Balaban J connectivity index is 2.00. The Morgan fingerprint density at radius 2 is 1.71 bits per heavy atom. The number of ether oxygens (including phenoxy) is 1. The molecule has 1 aliphatic heterocycles. The van der Waals surface area contributed by atoms with E-state index in [1.807, 2.05) is 30.3 Å². The summed E-state index contributed by atoms with van der Waals surface area (Å²) in [6.45, 7) is 13.3. The first kappa shape index (κ1) is 27.0. The summed E-state index contributed by atoms with van der Waals surface area (Å²) >= 11 is 0. The van der Waals surface area contributed by atoms with Crippen LogP contribution < -0.4 is 0 Å². The van der Waals surface area contributed by atoms with Crippen molar-refractivity contribution in [2.45, 2.75) is 64.2 Å². The van der Waals surface area contributed by atoms with Crippen molar-refractivity contribution >= 4 is 20.4 Å². The van der Waals surface area contributed by atoms with Gasteiger partial charge in [-0.2, -0.15) is 0 Å².